The second-order valence-corrected chi connectivity index (χ2v) is 6.91. The van der Waals surface area contributed by atoms with Crippen LogP contribution in [0.5, 0.6) is 0 Å². The van der Waals surface area contributed by atoms with Crippen LogP contribution in [-0.2, 0) is 31.8 Å². The minimum absolute atomic E-state index is 0.328. The Morgan fingerprint density at radius 2 is 1.86 bits per heavy atom. The highest BCUT2D eigenvalue weighted by Crippen LogP contribution is 2.44. The number of aromatic nitrogens is 2. The van der Waals surface area contributed by atoms with Gasteiger partial charge in [-0.05, 0) is 12.8 Å². The molecule has 8 nitrogen and oxygen atoms in total. The fraction of sp³-hybridized carbons (Fsp3) is 0.500. The number of amides is 2. The molecular weight excluding hydrogens is 393 g/mol. The molecule has 1 aliphatic carbocycles. The summed E-state index contributed by atoms with van der Waals surface area (Å²) in [6, 6.07) is 1.38. The van der Waals surface area contributed by atoms with Crippen molar-refractivity contribution in [1.29, 1.82) is 5.26 Å². The number of nitrogens with zero attached hydrogens (tertiary/aromatic N) is 4. The molecule has 0 spiro atoms. The quantitative estimate of drug-likeness (QED) is 0.415. The maximum absolute atomic E-state index is 13.9. The van der Waals surface area contributed by atoms with E-state index in [-0.39, 0.29) is 0 Å². The molecule has 1 saturated heterocycles. The molecule has 3 atom stereocenters. The van der Waals surface area contributed by atoms with Gasteiger partial charge in [0.15, 0.2) is 5.82 Å². The van der Waals surface area contributed by atoms with Crippen LogP contribution in [0.25, 0.3) is 0 Å². The molecule has 1 aromatic heterocycles. The fourth-order valence-electron chi connectivity index (χ4n) is 3.69. The van der Waals surface area contributed by atoms with E-state index in [4.69, 9.17) is 10.00 Å². The normalized spacial score (nSPS) is 23.5. The largest absolute Gasteiger partial charge is 0.439 e. The van der Waals surface area contributed by atoms with Crippen LogP contribution in [-0.4, -0.2) is 45.0 Å². The molecule has 2 aliphatic rings. The minimum Gasteiger partial charge on any atom is -0.439 e. The highest BCUT2D eigenvalue weighted by atomic mass is 19.4. The van der Waals surface area contributed by atoms with E-state index in [9.17, 15) is 27.6 Å². The Hall–Kier alpha value is -3.16. The number of alkyl halides is 3. The zero-order chi connectivity index (χ0) is 21.4. The summed E-state index contributed by atoms with van der Waals surface area (Å²) in [5, 5.41) is 8.97. The standard InChI is InChI=1S/C18H17F3N4O4/c1-24-9-8-23-16(24)17(6-7-22,18(19,20)21)29-13(26)10-25-14(27)11-4-2-3-5-12(11)15(25)28/h2-3,8-9,11-12H,4-6,10H2,1H3/t11-,12-,17+/m1/s1. The number of aryl methyl sites for hydroxylation is 1. The molecule has 11 heteroatoms. The molecule has 1 fully saturated rings. The lowest BCUT2D eigenvalue weighted by atomic mass is 9.85. The molecule has 2 amide bonds. The van der Waals surface area contributed by atoms with E-state index < -0.39 is 60.2 Å². The summed E-state index contributed by atoms with van der Waals surface area (Å²) in [6.07, 6.45) is 0.0503. The number of carbonyl (C=O) groups is 3. The summed E-state index contributed by atoms with van der Waals surface area (Å²) in [6.45, 7) is -0.960. The summed E-state index contributed by atoms with van der Waals surface area (Å²) < 4.78 is 47.5. The molecule has 0 N–H and O–H groups in total. The highest BCUT2D eigenvalue weighted by Gasteiger charge is 2.62. The Balaban J connectivity index is 1.86. The Labute approximate surface area is 163 Å². The van der Waals surface area contributed by atoms with E-state index in [1.165, 1.54) is 19.3 Å². The number of halogens is 3. The third-order valence-electron chi connectivity index (χ3n) is 5.14. The lowest BCUT2D eigenvalue weighted by Crippen LogP contribution is -2.49. The lowest BCUT2D eigenvalue weighted by molar-refractivity contribution is -0.278. The van der Waals surface area contributed by atoms with E-state index in [0.717, 1.165) is 10.8 Å². The highest BCUT2D eigenvalue weighted by molar-refractivity contribution is 6.07. The first-order chi connectivity index (χ1) is 13.6. The minimum atomic E-state index is -5.16. The zero-order valence-electron chi connectivity index (χ0n) is 15.3. The van der Waals surface area contributed by atoms with Crippen LogP contribution < -0.4 is 0 Å². The summed E-state index contributed by atoms with van der Waals surface area (Å²) >= 11 is 0. The number of carbonyl (C=O) groups excluding carboxylic acids is 3. The average molecular weight is 410 g/mol. The second kappa shape index (κ2) is 7.35. The van der Waals surface area contributed by atoms with Crippen molar-refractivity contribution in [2.24, 2.45) is 18.9 Å². The van der Waals surface area contributed by atoms with Crippen molar-refractivity contribution in [3.05, 3.63) is 30.4 Å². The van der Waals surface area contributed by atoms with Gasteiger partial charge in [-0.2, -0.15) is 18.4 Å². The Bertz CT molecular complexity index is 891. The van der Waals surface area contributed by atoms with Crippen LogP contribution in [0.1, 0.15) is 25.1 Å². The number of esters is 1. The van der Waals surface area contributed by atoms with Gasteiger partial charge in [0.1, 0.15) is 6.54 Å². The number of rotatable bonds is 5. The number of imidazole rings is 1. The smallest absolute Gasteiger partial charge is 0.436 e. The molecular formula is C18H17F3N4O4. The molecule has 154 valence electrons. The van der Waals surface area contributed by atoms with Crippen molar-refractivity contribution in [3.63, 3.8) is 0 Å². The van der Waals surface area contributed by atoms with Gasteiger partial charge in [0.25, 0.3) is 5.60 Å². The van der Waals surface area contributed by atoms with Crippen molar-refractivity contribution in [3.8, 4) is 6.07 Å². The van der Waals surface area contributed by atoms with Crippen molar-refractivity contribution in [1.82, 2.24) is 14.5 Å². The topological polar surface area (TPSA) is 105 Å². The van der Waals surface area contributed by atoms with Gasteiger partial charge in [0.2, 0.25) is 11.8 Å². The van der Waals surface area contributed by atoms with Crippen molar-refractivity contribution >= 4 is 17.8 Å². The third-order valence-corrected chi connectivity index (χ3v) is 5.14. The predicted molar refractivity (Wildman–Crippen MR) is 89.3 cm³/mol. The molecule has 29 heavy (non-hydrogen) atoms. The van der Waals surface area contributed by atoms with Crippen molar-refractivity contribution < 1.29 is 32.3 Å². The predicted octanol–water partition coefficient (Wildman–Crippen LogP) is 1.59. The Morgan fingerprint density at radius 1 is 1.28 bits per heavy atom. The molecule has 0 saturated carbocycles. The first kappa shape index (κ1) is 20.6. The third kappa shape index (κ3) is 3.39. The van der Waals surface area contributed by atoms with Crippen LogP contribution in [0.4, 0.5) is 13.2 Å². The number of hydrogen-bond donors (Lipinski definition) is 0. The average Bonchev–Trinajstić information content (AvgIpc) is 3.18. The van der Waals surface area contributed by atoms with Crippen LogP contribution in [0.3, 0.4) is 0 Å². The van der Waals surface area contributed by atoms with Gasteiger partial charge < -0.3 is 9.30 Å². The molecule has 0 radical (unpaired) electrons. The zero-order valence-corrected chi connectivity index (χ0v) is 15.3. The van der Waals surface area contributed by atoms with Crippen molar-refractivity contribution in [2.45, 2.75) is 31.0 Å². The summed E-state index contributed by atoms with van der Waals surface area (Å²) in [7, 11) is 1.26. The maximum Gasteiger partial charge on any atom is 0.436 e. The number of ether oxygens (including phenoxy) is 1. The van der Waals surface area contributed by atoms with Gasteiger partial charge in [-0.1, -0.05) is 12.2 Å². The molecule has 1 aromatic rings. The van der Waals surface area contributed by atoms with E-state index in [1.807, 2.05) is 0 Å². The van der Waals surface area contributed by atoms with Crippen LogP contribution in [0.15, 0.2) is 24.5 Å². The van der Waals surface area contributed by atoms with Crippen LogP contribution >= 0.6 is 0 Å². The summed E-state index contributed by atoms with van der Waals surface area (Å²) in [5.41, 5.74) is -3.32. The van der Waals surface area contributed by atoms with E-state index >= 15 is 0 Å². The first-order valence-corrected chi connectivity index (χ1v) is 8.76. The van der Waals surface area contributed by atoms with Gasteiger partial charge in [-0.25, -0.2) is 4.98 Å². The van der Waals surface area contributed by atoms with Crippen molar-refractivity contribution in [2.75, 3.05) is 6.54 Å². The first-order valence-electron chi connectivity index (χ1n) is 8.76. The fourth-order valence-corrected chi connectivity index (χ4v) is 3.69. The number of likely N-dealkylation sites (tertiary alicyclic amines) is 1. The van der Waals surface area contributed by atoms with Gasteiger partial charge in [0, 0.05) is 19.4 Å². The Kier molecular flexibility index (Phi) is 5.21. The van der Waals surface area contributed by atoms with Gasteiger partial charge in [-0.15, -0.1) is 0 Å². The number of fused-ring (bicyclic) bond motifs is 1. The Morgan fingerprint density at radius 3 is 2.31 bits per heavy atom. The van der Waals surface area contributed by atoms with E-state index in [1.54, 1.807) is 12.2 Å². The maximum atomic E-state index is 13.9. The number of hydrogen-bond acceptors (Lipinski definition) is 6. The SMILES string of the molecule is Cn1ccnc1[C@](CC#N)(OC(=O)CN1C(=O)[C@@H]2CC=CC[C@H]2C1=O)C(F)(F)F. The lowest BCUT2D eigenvalue weighted by Gasteiger charge is -2.33. The molecule has 0 unspecified atom stereocenters. The van der Waals surface area contributed by atoms with Crippen LogP contribution in [0.2, 0.25) is 0 Å². The van der Waals surface area contributed by atoms with Gasteiger partial charge in [0.05, 0.1) is 24.3 Å². The second-order valence-electron chi connectivity index (χ2n) is 6.91. The number of imide groups is 1. The molecule has 0 bridgehead atoms. The summed E-state index contributed by atoms with van der Waals surface area (Å²) in [4.78, 5) is 41.5. The molecule has 3 rings (SSSR count). The molecule has 2 heterocycles. The van der Waals surface area contributed by atoms with Crippen LogP contribution in [0, 0.1) is 23.2 Å². The van der Waals surface area contributed by atoms with Gasteiger partial charge >= 0.3 is 12.1 Å². The monoisotopic (exact) mass is 410 g/mol. The van der Waals surface area contributed by atoms with E-state index in [0.29, 0.717) is 17.7 Å². The molecule has 1 aliphatic heterocycles. The van der Waals surface area contributed by atoms with E-state index in [2.05, 4.69) is 4.98 Å². The number of allylic oxidation sites excluding steroid dienone is 2. The molecule has 0 aromatic carbocycles. The summed E-state index contributed by atoms with van der Waals surface area (Å²) in [5.74, 6) is -4.61. The number of nitriles is 1. The van der Waals surface area contributed by atoms with Gasteiger partial charge in [-0.3, -0.25) is 19.3 Å².